The lowest BCUT2D eigenvalue weighted by molar-refractivity contribution is 0.590. The fourth-order valence-corrected chi connectivity index (χ4v) is 10.3. The molecule has 0 heteroatoms. The molecule has 0 spiro atoms. The van der Waals surface area contributed by atoms with Crippen LogP contribution >= 0.6 is 0 Å². The van der Waals surface area contributed by atoms with E-state index < -0.39 is 0 Å². The summed E-state index contributed by atoms with van der Waals surface area (Å²) in [6, 6.07) is 61.9. The summed E-state index contributed by atoms with van der Waals surface area (Å²) in [5.74, 6) is 0. The van der Waals surface area contributed by atoms with Crippen molar-refractivity contribution in [2.75, 3.05) is 0 Å². The molecule has 70 heavy (non-hydrogen) atoms. The Morgan fingerprint density at radius 3 is 0.600 bits per heavy atom. The molecule has 0 N–H and O–H groups in total. The third-order valence-corrected chi connectivity index (χ3v) is 15.2. The van der Waals surface area contributed by atoms with Crippen molar-refractivity contribution in [2.45, 2.75) is 132 Å². The molecule has 0 atom stereocenters. The van der Waals surface area contributed by atoms with E-state index >= 15 is 0 Å². The van der Waals surface area contributed by atoms with Crippen LogP contribution in [-0.2, 0) is 21.7 Å². The van der Waals surface area contributed by atoms with Gasteiger partial charge >= 0.3 is 0 Å². The van der Waals surface area contributed by atoms with Gasteiger partial charge in [0.05, 0.1) is 0 Å². The van der Waals surface area contributed by atoms with Crippen molar-refractivity contribution >= 4 is 21.5 Å². The molecule has 0 heterocycles. The zero-order chi connectivity index (χ0) is 50.2. The quantitative estimate of drug-likeness (QED) is 0.146. The first-order chi connectivity index (χ1) is 32.9. The standard InChI is InChI=1S/C70H74/c1-43-17-19-51(37-45(43)3)65-61-39-57(47-21-29-53(30-22-47)67(5,6)7)59(49-25-33-55(34-26-49)69(11,12)13)41-63(61)66(52-20-18-44(2)46(4)38-52)64-42-60(50-27-35-56(36-28-50)70(14,15)16)58(40-62(64)65)48-23-31-54(32-24-48)68(8,9)10/h17-42H,1-16H3. The number of hydrogen-bond donors (Lipinski definition) is 0. The zero-order valence-corrected chi connectivity index (χ0v) is 45.0. The Balaban J connectivity index is 1.50. The van der Waals surface area contributed by atoms with Gasteiger partial charge in [0.25, 0.3) is 0 Å². The van der Waals surface area contributed by atoms with Crippen molar-refractivity contribution in [1.29, 1.82) is 0 Å². The van der Waals surface area contributed by atoms with E-state index in [1.165, 1.54) is 133 Å². The predicted molar refractivity (Wildman–Crippen MR) is 308 cm³/mol. The summed E-state index contributed by atoms with van der Waals surface area (Å²) in [5.41, 5.74) is 25.5. The Morgan fingerprint density at radius 1 is 0.214 bits per heavy atom. The highest BCUT2D eigenvalue weighted by molar-refractivity contribution is 6.24. The van der Waals surface area contributed by atoms with Gasteiger partial charge in [-0.1, -0.05) is 217 Å². The summed E-state index contributed by atoms with van der Waals surface area (Å²) in [6.45, 7) is 36.6. The largest absolute Gasteiger partial charge is 0.0584 e. The Labute approximate surface area is 420 Å². The summed E-state index contributed by atoms with van der Waals surface area (Å²) in [4.78, 5) is 0. The molecule has 9 aromatic rings. The van der Waals surface area contributed by atoms with Gasteiger partial charge in [-0.15, -0.1) is 0 Å². The lowest BCUT2D eigenvalue weighted by Gasteiger charge is -2.25. The van der Waals surface area contributed by atoms with Crippen LogP contribution in [0.25, 0.3) is 88.3 Å². The molecule has 9 rings (SSSR count). The van der Waals surface area contributed by atoms with Crippen LogP contribution in [0, 0.1) is 27.7 Å². The Morgan fingerprint density at radius 2 is 0.414 bits per heavy atom. The van der Waals surface area contributed by atoms with Crippen LogP contribution in [0.15, 0.2) is 158 Å². The van der Waals surface area contributed by atoms with Gasteiger partial charge in [0.2, 0.25) is 0 Å². The van der Waals surface area contributed by atoms with E-state index in [4.69, 9.17) is 0 Å². The first-order valence-electron chi connectivity index (χ1n) is 25.6. The topological polar surface area (TPSA) is 0 Å². The predicted octanol–water partition coefficient (Wildman–Crippen LogP) is 20.4. The minimum atomic E-state index is 0.0439. The van der Waals surface area contributed by atoms with Gasteiger partial charge < -0.3 is 0 Å². The first-order valence-corrected chi connectivity index (χ1v) is 25.6. The number of hydrogen-bond acceptors (Lipinski definition) is 0. The van der Waals surface area contributed by atoms with Crippen molar-refractivity contribution in [3.05, 3.63) is 202 Å². The molecular formula is C70H74. The fourth-order valence-electron chi connectivity index (χ4n) is 10.3. The summed E-state index contributed by atoms with van der Waals surface area (Å²) in [6.07, 6.45) is 0. The van der Waals surface area contributed by atoms with Gasteiger partial charge in [-0.05, 0) is 206 Å². The Bertz CT molecular complexity index is 3000. The van der Waals surface area contributed by atoms with Gasteiger partial charge in [0.1, 0.15) is 0 Å². The maximum absolute atomic E-state index is 2.54. The molecule has 0 aromatic heterocycles. The first kappa shape index (κ1) is 48.5. The third-order valence-electron chi connectivity index (χ3n) is 15.2. The maximum atomic E-state index is 2.54. The average Bonchev–Trinajstić information content (AvgIpc) is 3.31. The van der Waals surface area contributed by atoms with Crippen molar-refractivity contribution < 1.29 is 0 Å². The van der Waals surface area contributed by atoms with Crippen molar-refractivity contribution in [2.24, 2.45) is 0 Å². The van der Waals surface area contributed by atoms with E-state index in [0.29, 0.717) is 0 Å². The fraction of sp³-hybridized carbons (Fsp3) is 0.286. The summed E-state index contributed by atoms with van der Waals surface area (Å²) < 4.78 is 0. The second-order valence-corrected chi connectivity index (χ2v) is 24.5. The lowest BCUT2D eigenvalue weighted by Crippen LogP contribution is -2.10. The van der Waals surface area contributed by atoms with E-state index in [9.17, 15) is 0 Å². The van der Waals surface area contributed by atoms with E-state index in [1.807, 2.05) is 0 Å². The molecule has 9 aromatic carbocycles. The van der Waals surface area contributed by atoms with Crippen LogP contribution in [0.1, 0.15) is 128 Å². The summed E-state index contributed by atoms with van der Waals surface area (Å²) in [7, 11) is 0. The molecule has 354 valence electrons. The number of benzene rings is 9. The van der Waals surface area contributed by atoms with Gasteiger partial charge in [0.15, 0.2) is 0 Å². The second kappa shape index (κ2) is 17.7. The summed E-state index contributed by atoms with van der Waals surface area (Å²) in [5, 5.41) is 5.02. The molecule has 0 aliphatic heterocycles. The second-order valence-electron chi connectivity index (χ2n) is 24.5. The van der Waals surface area contributed by atoms with Gasteiger partial charge in [-0.25, -0.2) is 0 Å². The molecule has 0 nitrogen and oxygen atoms in total. The molecule has 0 amide bonds. The highest BCUT2D eigenvalue weighted by Gasteiger charge is 2.25. The van der Waals surface area contributed by atoms with Gasteiger partial charge in [0, 0.05) is 0 Å². The van der Waals surface area contributed by atoms with Crippen LogP contribution in [0.2, 0.25) is 0 Å². The van der Waals surface area contributed by atoms with Crippen molar-refractivity contribution in [3.63, 3.8) is 0 Å². The van der Waals surface area contributed by atoms with E-state index in [0.717, 1.165) is 0 Å². The van der Waals surface area contributed by atoms with E-state index in [-0.39, 0.29) is 21.7 Å². The number of aryl methyl sites for hydroxylation is 4. The minimum absolute atomic E-state index is 0.0439. The average molecular weight is 915 g/mol. The van der Waals surface area contributed by atoms with Gasteiger partial charge in [-0.2, -0.15) is 0 Å². The highest BCUT2D eigenvalue weighted by atomic mass is 14.3. The van der Waals surface area contributed by atoms with Crippen LogP contribution in [0.5, 0.6) is 0 Å². The third kappa shape index (κ3) is 9.31. The number of rotatable bonds is 6. The molecule has 0 aliphatic rings. The molecule has 0 aliphatic carbocycles. The number of fused-ring (bicyclic) bond motifs is 2. The van der Waals surface area contributed by atoms with Crippen molar-refractivity contribution in [3.8, 4) is 66.8 Å². The van der Waals surface area contributed by atoms with Gasteiger partial charge in [-0.3, -0.25) is 0 Å². The van der Waals surface area contributed by atoms with E-state index in [2.05, 4.69) is 269 Å². The SMILES string of the molecule is Cc1ccc(-c2c3cc(-c4ccc(C(C)(C)C)cc4)c(-c4ccc(C(C)(C)C)cc4)cc3c(-c3ccc(C)c(C)c3)c3cc(-c4ccc(C(C)(C)C)cc4)c(-c4ccc(C(C)(C)C)cc4)cc23)cc1C. The van der Waals surface area contributed by atoms with Crippen LogP contribution < -0.4 is 0 Å². The minimum Gasteiger partial charge on any atom is -0.0584 e. The van der Waals surface area contributed by atoms with Crippen LogP contribution in [0.3, 0.4) is 0 Å². The molecule has 0 saturated heterocycles. The Hall–Kier alpha value is -6.50. The molecular weight excluding hydrogens is 841 g/mol. The van der Waals surface area contributed by atoms with Crippen LogP contribution in [0.4, 0.5) is 0 Å². The molecule has 0 saturated carbocycles. The monoisotopic (exact) mass is 915 g/mol. The lowest BCUT2D eigenvalue weighted by atomic mass is 9.79. The molecule has 0 bridgehead atoms. The zero-order valence-electron chi connectivity index (χ0n) is 45.0. The normalized spacial score (nSPS) is 12.6. The molecule has 0 radical (unpaired) electrons. The van der Waals surface area contributed by atoms with Crippen LogP contribution in [-0.4, -0.2) is 0 Å². The maximum Gasteiger partial charge on any atom is -0.00258 e. The summed E-state index contributed by atoms with van der Waals surface area (Å²) >= 11 is 0. The Kier molecular flexibility index (Phi) is 12.3. The van der Waals surface area contributed by atoms with Crippen molar-refractivity contribution in [1.82, 2.24) is 0 Å². The molecule has 0 unspecified atom stereocenters. The smallest absolute Gasteiger partial charge is 0.00258 e. The highest BCUT2D eigenvalue weighted by Crippen LogP contribution is 2.51. The molecule has 0 fully saturated rings. The van der Waals surface area contributed by atoms with E-state index in [1.54, 1.807) is 0 Å².